The normalized spacial score (nSPS) is 37.2. The Kier molecular flexibility index (Phi) is 2.53. The van der Waals surface area contributed by atoms with Crippen molar-refractivity contribution >= 4 is 0 Å². The lowest BCUT2D eigenvalue weighted by Crippen LogP contribution is -2.34. The molecule has 1 heteroatoms. The van der Waals surface area contributed by atoms with E-state index in [0.717, 1.165) is 0 Å². The van der Waals surface area contributed by atoms with Crippen LogP contribution in [0.5, 0.6) is 0 Å². The molecule has 0 aromatic heterocycles. The van der Waals surface area contributed by atoms with Crippen molar-refractivity contribution in [3.63, 3.8) is 0 Å². The van der Waals surface area contributed by atoms with E-state index in [9.17, 15) is 5.11 Å². The van der Waals surface area contributed by atoms with Gasteiger partial charge in [-0.1, -0.05) is 34.1 Å². The van der Waals surface area contributed by atoms with Crippen LogP contribution in [0.1, 0.15) is 47.0 Å². The molecule has 1 aliphatic carbocycles. The van der Waals surface area contributed by atoms with E-state index < -0.39 is 0 Å². The van der Waals surface area contributed by atoms with Crippen LogP contribution in [0, 0.1) is 16.7 Å². The Labute approximate surface area is 76.2 Å². The van der Waals surface area contributed by atoms with Crippen molar-refractivity contribution in [1.29, 1.82) is 0 Å². The Hall–Kier alpha value is -0.0400. The van der Waals surface area contributed by atoms with Gasteiger partial charge in [0.25, 0.3) is 0 Å². The van der Waals surface area contributed by atoms with Gasteiger partial charge < -0.3 is 5.11 Å². The van der Waals surface area contributed by atoms with Crippen LogP contribution in [0.3, 0.4) is 0 Å². The first-order chi connectivity index (χ1) is 5.40. The fourth-order valence-electron chi connectivity index (χ4n) is 2.90. The highest BCUT2D eigenvalue weighted by molar-refractivity contribution is 4.93. The van der Waals surface area contributed by atoms with E-state index in [1.165, 1.54) is 19.3 Å². The van der Waals surface area contributed by atoms with Crippen molar-refractivity contribution in [3.05, 3.63) is 0 Å². The van der Waals surface area contributed by atoms with Gasteiger partial charge in [-0.05, 0) is 29.6 Å². The van der Waals surface area contributed by atoms with Gasteiger partial charge in [-0.15, -0.1) is 0 Å². The summed E-state index contributed by atoms with van der Waals surface area (Å²) in [5.41, 5.74) is 0.548. The summed E-state index contributed by atoms with van der Waals surface area (Å²) in [6, 6.07) is 0. The van der Waals surface area contributed by atoms with Gasteiger partial charge in [-0.25, -0.2) is 0 Å². The van der Waals surface area contributed by atoms with Crippen molar-refractivity contribution in [1.82, 2.24) is 0 Å². The molecule has 0 unspecified atom stereocenters. The Balaban J connectivity index is 2.77. The predicted molar refractivity (Wildman–Crippen MR) is 52.0 cm³/mol. The molecule has 1 rings (SSSR count). The van der Waals surface area contributed by atoms with E-state index in [1.807, 2.05) is 0 Å². The first-order valence-electron chi connectivity index (χ1n) is 5.01. The minimum Gasteiger partial charge on any atom is -0.396 e. The zero-order chi connectivity index (χ0) is 9.41. The Morgan fingerprint density at radius 3 is 2.33 bits per heavy atom. The largest absolute Gasteiger partial charge is 0.396 e. The minimum absolute atomic E-state index is 0.193. The summed E-state index contributed by atoms with van der Waals surface area (Å²) in [5.74, 6) is 0.690. The number of rotatable bonds is 1. The maximum absolute atomic E-state index is 9.36. The smallest absolute Gasteiger partial charge is 0.0487 e. The molecule has 0 aromatic carbocycles. The molecule has 2 atom stereocenters. The summed E-state index contributed by atoms with van der Waals surface area (Å²) in [6.07, 6.45) is 3.78. The molecule has 0 heterocycles. The lowest BCUT2D eigenvalue weighted by Gasteiger charge is -2.39. The fourth-order valence-corrected chi connectivity index (χ4v) is 2.90. The van der Waals surface area contributed by atoms with E-state index >= 15 is 0 Å². The summed E-state index contributed by atoms with van der Waals surface area (Å²) in [6.45, 7) is 9.45. The Morgan fingerprint density at radius 1 is 1.42 bits per heavy atom. The second-order valence-corrected chi connectivity index (χ2v) is 5.62. The van der Waals surface area contributed by atoms with Crippen LogP contribution in [-0.4, -0.2) is 11.7 Å². The van der Waals surface area contributed by atoms with E-state index in [1.54, 1.807) is 0 Å². The van der Waals surface area contributed by atoms with Crippen molar-refractivity contribution in [2.75, 3.05) is 6.61 Å². The molecule has 0 spiro atoms. The monoisotopic (exact) mass is 170 g/mol. The molecule has 72 valence electrons. The van der Waals surface area contributed by atoms with Crippen LogP contribution >= 0.6 is 0 Å². The van der Waals surface area contributed by atoms with E-state index in [4.69, 9.17) is 0 Å². The average Bonchev–Trinajstić information content (AvgIpc) is 2.31. The predicted octanol–water partition coefficient (Wildman–Crippen LogP) is 2.83. The Morgan fingerprint density at radius 2 is 2.00 bits per heavy atom. The van der Waals surface area contributed by atoms with E-state index in [2.05, 4.69) is 27.7 Å². The van der Waals surface area contributed by atoms with Crippen LogP contribution < -0.4 is 0 Å². The molecule has 0 bridgehead atoms. The molecule has 1 nitrogen and oxygen atoms in total. The molecule has 12 heavy (non-hydrogen) atoms. The zero-order valence-electron chi connectivity index (χ0n) is 8.85. The molecule has 0 saturated heterocycles. The molecule has 1 fully saturated rings. The Bertz CT molecular complexity index is 157. The molecule has 1 N–H and O–H groups in total. The third-order valence-corrected chi connectivity index (χ3v) is 3.49. The van der Waals surface area contributed by atoms with E-state index in [-0.39, 0.29) is 5.41 Å². The zero-order valence-corrected chi connectivity index (χ0v) is 8.85. The summed E-state index contributed by atoms with van der Waals surface area (Å²) in [7, 11) is 0. The standard InChI is InChI=1S/C11H22O/c1-10(2,3)9-6-5-7-11(9,4)8-12/h9,12H,5-8H2,1-4H3/t9-,11+/m1/s1. The van der Waals surface area contributed by atoms with Gasteiger partial charge in [0, 0.05) is 6.61 Å². The third kappa shape index (κ3) is 1.66. The molecule has 0 radical (unpaired) electrons. The van der Waals surface area contributed by atoms with Crippen molar-refractivity contribution in [3.8, 4) is 0 Å². The van der Waals surface area contributed by atoms with Crippen molar-refractivity contribution in [2.45, 2.75) is 47.0 Å². The van der Waals surface area contributed by atoms with Gasteiger partial charge in [0.05, 0.1) is 0 Å². The van der Waals surface area contributed by atoms with Gasteiger partial charge in [0.1, 0.15) is 0 Å². The third-order valence-electron chi connectivity index (χ3n) is 3.49. The highest BCUT2D eigenvalue weighted by Crippen LogP contribution is 2.51. The number of hydrogen-bond acceptors (Lipinski definition) is 1. The molecule has 0 amide bonds. The van der Waals surface area contributed by atoms with Gasteiger partial charge in [0.15, 0.2) is 0 Å². The molecular formula is C11H22O. The van der Waals surface area contributed by atoms with Crippen LogP contribution in [0.15, 0.2) is 0 Å². The highest BCUT2D eigenvalue weighted by Gasteiger charge is 2.43. The van der Waals surface area contributed by atoms with Crippen LogP contribution in [0.25, 0.3) is 0 Å². The SMILES string of the molecule is CC(C)(C)[C@H]1CCC[C@@]1(C)CO. The van der Waals surface area contributed by atoms with Crippen molar-refractivity contribution in [2.24, 2.45) is 16.7 Å². The van der Waals surface area contributed by atoms with Crippen LogP contribution in [-0.2, 0) is 0 Å². The summed E-state index contributed by atoms with van der Waals surface area (Å²) in [5, 5.41) is 9.36. The maximum atomic E-state index is 9.36. The number of aliphatic hydroxyl groups is 1. The summed E-state index contributed by atoms with van der Waals surface area (Å²) in [4.78, 5) is 0. The molecule has 0 aliphatic heterocycles. The lowest BCUT2D eigenvalue weighted by atomic mass is 9.67. The van der Waals surface area contributed by atoms with E-state index in [0.29, 0.717) is 17.9 Å². The highest BCUT2D eigenvalue weighted by atomic mass is 16.3. The first-order valence-corrected chi connectivity index (χ1v) is 5.01. The summed E-state index contributed by atoms with van der Waals surface area (Å²) >= 11 is 0. The molecule has 1 aliphatic rings. The first kappa shape index (κ1) is 10.0. The van der Waals surface area contributed by atoms with Gasteiger partial charge in [-0.2, -0.15) is 0 Å². The molecular weight excluding hydrogens is 148 g/mol. The van der Waals surface area contributed by atoms with Gasteiger partial charge in [0.2, 0.25) is 0 Å². The van der Waals surface area contributed by atoms with Gasteiger partial charge in [-0.3, -0.25) is 0 Å². The molecule has 1 saturated carbocycles. The van der Waals surface area contributed by atoms with Crippen LogP contribution in [0.4, 0.5) is 0 Å². The molecule has 0 aromatic rings. The van der Waals surface area contributed by atoms with Crippen molar-refractivity contribution < 1.29 is 5.11 Å². The fraction of sp³-hybridized carbons (Fsp3) is 1.00. The van der Waals surface area contributed by atoms with Crippen LogP contribution in [0.2, 0.25) is 0 Å². The average molecular weight is 170 g/mol. The lowest BCUT2D eigenvalue weighted by molar-refractivity contribution is 0.0419. The second-order valence-electron chi connectivity index (χ2n) is 5.62. The second kappa shape index (κ2) is 3.02. The topological polar surface area (TPSA) is 20.2 Å². The number of hydrogen-bond donors (Lipinski definition) is 1. The minimum atomic E-state index is 0.193. The van der Waals surface area contributed by atoms with Gasteiger partial charge >= 0.3 is 0 Å². The number of aliphatic hydroxyl groups excluding tert-OH is 1. The summed E-state index contributed by atoms with van der Waals surface area (Å²) < 4.78 is 0. The maximum Gasteiger partial charge on any atom is 0.0487 e. The quantitative estimate of drug-likeness (QED) is 0.641.